The predicted molar refractivity (Wildman–Crippen MR) is 124 cm³/mol. The first kappa shape index (κ1) is 22.8. The van der Waals surface area contributed by atoms with E-state index in [0.717, 1.165) is 0 Å². The van der Waals surface area contributed by atoms with Crippen molar-refractivity contribution in [2.24, 2.45) is 0 Å². The van der Waals surface area contributed by atoms with Crippen LogP contribution in [0.2, 0.25) is 5.02 Å². The van der Waals surface area contributed by atoms with E-state index >= 15 is 0 Å². The van der Waals surface area contributed by atoms with Crippen LogP contribution >= 0.6 is 11.6 Å². The van der Waals surface area contributed by atoms with Crippen LogP contribution in [0.3, 0.4) is 0 Å². The van der Waals surface area contributed by atoms with E-state index in [9.17, 15) is 14.4 Å². The van der Waals surface area contributed by atoms with Crippen LogP contribution < -0.4 is 20.7 Å². The molecule has 0 aliphatic carbocycles. The van der Waals surface area contributed by atoms with Crippen molar-refractivity contribution in [2.45, 2.75) is 0 Å². The number of benzene rings is 3. The lowest BCUT2D eigenvalue weighted by Crippen LogP contribution is -2.34. The molecule has 0 saturated heterocycles. The van der Waals surface area contributed by atoms with Crippen LogP contribution in [0.25, 0.3) is 0 Å². The summed E-state index contributed by atoms with van der Waals surface area (Å²) in [7, 11) is 1.47. The van der Waals surface area contributed by atoms with Crippen molar-refractivity contribution in [1.82, 2.24) is 10.6 Å². The van der Waals surface area contributed by atoms with Gasteiger partial charge in [0.15, 0.2) is 0 Å². The molecule has 164 valence electrons. The van der Waals surface area contributed by atoms with E-state index in [0.29, 0.717) is 39.7 Å². The number of amides is 3. The van der Waals surface area contributed by atoms with Crippen molar-refractivity contribution in [3.05, 3.63) is 94.5 Å². The molecular formula is C24H22ClN3O4. The molecular weight excluding hydrogens is 430 g/mol. The Morgan fingerprint density at radius 2 is 1.38 bits per heavy atom. The van der Waals surface area contributed by atoms with E-state index in [-0.39, 0.29) is 24.3 Å². The summed E-state index contributed by atoms with van der Waals surface area (Å²) in [6, 6.07) is 20.1. The Kier molecular flexibility index (Phi) is 7.83. The second-order valence-corrected chi connectivity index (χ2v) is 7.19. The van der Waals surface area contributed by atoms with Crippen LogP contribution in [-0.4, -0.2) is 37.9 Å². The van der Waals surface area contributed by atoms with E-state index in [1.807, 2.05) is 6.07 Å². The van der Waals surface area contributed by atoms with Crippen LogP contribution in [0, 0.1) is 0 Å². The molecule has 3 amide bonds. The minimum absolute atomic E-state index is 0.198. The number of hydrogen-bond donors (Lipinski definition) is 3. The van der Waals surface area contributed by atoms with E-state index in [1.54, 1.807) is 60.7 Å². The second kappa shape index (κ2) is 11.0. The van der Waals surface area contributed by atoms with E-state index in [4.69, 9.17) is 16.3 Å². The molecule has 0 fully saturated rings. The summed E-state index contributed by atoms with van der Waals surface area (Å²) >= 11 is 5.97. The Morgan fingerprint density at radius 3 is 1.97 bits per heavy atom. The average molecular weight is 452 g/mol. The Labute approximate surface area is 190 Å². The Balaban J connectivity index is 1.49. The maximum absolute atomic E-state index is 12.5. The maximum Gasteiger partial charge on any atom is 0.259 e. The molecule has 0 aromatic heterocycles. The number of hydrogen-bond acceptors (Lipinski definition) is 4. The van der Waals surface area contributed by atoms with Gasteiger partial charge in [-0.2, -0.15) is 0 Å². The summed E-state index contributed by atoms with van der Waals surface area (Å²) in [6.07, 6.45) is 0. The molecule has 0 bridgehead atoms. The first-order valence-electron chi connectivity index (χ1n) is 9.84. The zero-order valence-corrected chi connectivity index (χ0v) is 18.1. The summed E-state index contributed by atoms with van der Waals surface area (Å²) in [4.78, 5) is 36.8. The van der Waals surface area contributed by atoms with Gasteiger partial charge >= 0.3 is 0 Å². The zero-order chi connectivity index (χ0) is 22.9. The van der Waals surface area contributed by atoms with Crippen molar-refractivity contribution in [2.75, 3.05) is 25.5 Å². The smallest absolute Gasteiger partial charge is 0.259 e. The highest BCUT2D eigenvalue weighted by molar-refractivity contribution is 6.31. The van der Waals surface area contributed by atoms with Crippen LogP contribution in [-0.2, 0) is 0 Å². The van der Waals surface area contributed by atoms with Gasteiger partial charge < -0.3 is 20.7 Å². The second-order valence-electron chi connectivity index (χ2n) is 6.75. The monoisotopic (exact) mass is 451 g/mol. The molecule has 32 heavy (non-hydrogen) atoms. The van der Waals surface area contributed by atoms with Gasteiger partial charge in [-0.1, -0.05) is 29.8 Å². The number of ether oxygens (including phenoxy) is 1. The SMILES string of the molecule is COc1ccc(Cl)cc1C(=O)Nc1ccc(C(=O)NCCNC(=O)c2ccccc2)cc1. The fourth-order valence-electron chi connectivity index (χ4n) is 2.91. The third-order valence-electron chi connectivity index (χ3n) is 4.54. The van der Waals surface area contributed by atoms with Crippen LogP contribution in [0.15, 0.2) is 72.8 Å². The molecule has 3 aromatic rings. The number of carbonyl (C=O) groups is 3. The fourth-order valence-corrected chi connectivity index (χ4v) is 3.08. The predicted octanol–water partition coefficient (Wildman–Crippen LogP) is 3.76. The minimum Gasteiger partial charge on any atom is -0.496 e. The molecule has 0 radical (unpaired) electrons. The molecule has 3 aromatic carbocycles. The van der Waals surface area contributed by atoms with Crippen LogP contribution in [0.1, 0.15) is 31.1 Å². The van der Waals surface area contributed by atoms with E-state index < -0.39 is 0 Å². The summed E-state index contributed by atoms with van der Waals surface area (Å²) in [5.74, 6) is -0.456. The summed E-state index contributed by atoms with van der Waals surface area (Å²) < 4.78 is 5.20. The van der Waals surface area contributed by atoms with Gasteiger partial charge in [0.2, 0.25) is 0 Å². The van der Waals surface area contributed by atoms with Gasteiger partial charge in [0.1, 0.15) is 5.75 Å². The quantitative estimate of drug-likeness (QED) is 0.454. The highest BCUT2D eigenvalue weighted by Gasteiger charge is 2.14. The number of methoxy groups -OCH3 is 1. The lowest BCUT2D eigenvalue weighted by molar-refractivity contribution is 0.0927. The number of nitrogens with one attached hydrogen (secondary N) is 3. The van der Waals surface area contributed by atoms with Gasteiger partial charge in [-0.05, 0) is 54.6 Å². The van der Waals surface area contributed by atoms with Crippen LogP contribution in [0.4, 0.5) is 5.69 Å². The molecule has 0 saturated carbocycles. The number of anilines is 1. The molecule has 3 rings (SSSR count). The van der Waals surface area contributed by atoms with Crippen LogP contribution in [0.5, 0.6) is 5.75 Å². The first-order valence-corrected chi connectivity index (χ1v) is 10.2. The average Bonchev–Trinajstić information content (AvgIpc) is 2.82. The highest BCUT2D eigenvalue weighted by atomic mass is 35.5. The molecule has 8 heteroatoms. The summed E-state index contributed by atoms with van der Waals surface area (Å²) in [6.45, 7) is 0.583. The third-order valence-corrected chi connectivity index (χ3v) is 4.78. The van der Waals surface area contributed by atoms with E-state index in [1.165, 1.54) is 13.2 Å². The van der Waals surface area contributed by atoms with Gasteiger partial charge in [-0.15, -0.1) is 0 Å². The van der Waals surface area contributed by atoms with Gasteiger partial charge in [0.25, 0.3) is 17.7 Å². The van der Waals surface area contributed by atoms with Crippen molar-refractivity contribution < 1.29 is 19.1 Å². The molecule has 3 N–H and O–H groups in total. The maximum atomic E-state index is 12.5. The standard InChI is InChI=1S/C24H22ClN3O4/c1-32-21-12-9-18(25)15-20(21)24(31)28-19-10-7-17(8-11-19)23(30)27-14-13-26-22(29)16-5-3-2-4-6-16/h2-12,15H,13-14H2,1H3,(H,26,29)(H,27,30)(H,28,31). The fraction of sp³-hybridized carbons (Fsp3) is 0.125. The Morgan fingerprint density at radius 1 is 0.781 bits per heavy atom. The third kappa shape index (κ3) is 6.09. The number of halogens is 1. The van der Waals surface area contributed by atoms with Gasteiger partial charge in [-0.25, -0.2) is 0 Å². The molecule has 0 atom stereocenters. The normalized spacial score (nSPS) is 10.2. The summed E-state index contributed by atoms with van der Waals surface area (Å²) in [5.41, 5.74) is 1.81. The number of carbonyl (C=O) groups excluding carboxylic acids is 3. The summed E-state index contributed by atoms with van der Waals surface area (Å²) in [5, 5.41) is 8.65. The molecule has 0 aliphatic heterocycles. The lowest BCUT2D eigenvalue weighted by Gasteiger charge is -2.11. The first-order chi connectivity index (χ1) is 15.5. The Bertz CT molecular complexity index is 1100. The number of rotatable bonds is 8. The van der Waals surface area contributed by atoms with Crippen molar-refractivity contribution >= 4 is 35.0 Å². The highest BCUT2D eigenvalue weighted by Crippen LogP contribution is 2.23. The van der Waals surface area contributed by atoms with Gasteiger partial charge in [0, 0.05) is 34.9 Å². The minimum atomic E-state index is -0.379. The Hall–Kier alpha value is -3.84. The van der Waals surface area contributed by atoms with E-state index in [2.05, 4.69) is 16.0 Å². The van der Waals surface area contributed by atoms with Crippen molar-refractivity contribution in [3.8, 4) is 5.75 Å². The lowest BCUT2D eigenvalue weighted by atomic mass is 10.1. The van der Waals surface area contributed by atoms with Crippen molar-refractivity contribution in [1.29, 1.82) is 0 Å². The molecule has 7 nitrogen and oxygen atoms in total. The van der Waals surface area contributed by atoms with Gasteiger partial charge in [0.05, 0.1) is 12.7 Å². The molecule has 0 spiro atoms. The topological polar surface area (TPSA) is 96.5 Å². The molecule has 0 heterocycles. The van der Waals surface area contributed by atoms with Gasteiger partial charge in [-0.3, -0.25) is 14.4 Å². The molecule has 0 unspecified atom stereocenters. The largest absolute Gasteiger partial charge is 0.496 e. The zero-order valence-electron chi connectivity index (χ0n) is 17.4. The molecule has 0 aliphatic rings. The van der Waals surface area contributed by atoms with Crippen molar-refractivity contribution in [3.63, 3.8) is 0 Å².